The number of benzene rings is 1. The highest BCUT2D eigenvalue weighted by Crippen LogP contribution is 2.53. The molecule has 0 spiro atoms. The third-order valence-electron chi connectivity index (χ3n) is 6.70. The van der Waals surface area contributed by atoms with Gasteiger partial charge in [-0.05, 0) is 43.5 Å². The van der Waals surface area contributed by atoms with Gasteiger partial charge in [-0.1, -0.05) is 0 Å². The van der Waals surface area contributed by atoms with E-state index in [2.05, 4.69) is 5.32 Å². The number of primary amides is 1. The van der Waals surface area contributed by atoms with Gasteiger partial charge in [0.15, 0.2) is 11.4 Å². The van der Waals surface area contributed by atoms with E-state index in [9.17, 15) is 48.0 Å². The van der Waals surface area contributed by atoms with E-state index in [1.54, 1.807) is 0 Å². The largest absolute Gasteiger partial charge is 0.508 e. The van der Waals surface area contributed by atoms with Gasteiger partial charge in [0.25, 0.3) is 5.91 Å². The van der Waals surface area contributed by atoms with Crippen molar-refractivity contribution in [2.75, 3.05) is 7.05 Å². The minimum atomic E-state index is -4.82. The van der Waals surface area contributed by atoms with Crippen molar-refractivity contribution in [1.29, 1.82) is 0 Å². The summed E-state index contributed by atoms with van der Waals surface area (Å²) < 4.78 is 40.7. The molecule has 0 radical (unpaired) electrons. The summed E-state index contributed by atoms with van der Waals surface area (Å²) in [6.45, 7) is 0. The number of Topliss-reactive ketones (excluding diaryl/α,β-unsaturated/α-hetero) is 2. The molecule has 0 saturated heterocycles. The molecule has 9 nitrogen and oxygen atoms in total. The Balaban J connectivity index is 1.99. The van der Waals surface area contributed by atoms with E-state index in [4.69, 9.17) is 5.73 Å². The maximum Gasteiger partial charge on any atom is 0.416 e. The Morgan fingerprint density at radius 2 is 1.85 bits per heavy atom. The summed E-state index contributed by atoms with van der Waals surface area (Å²) in [4.78, 5) is 37.9. The van der Waals surface area contributed by atoms with Crippen molar-refractivity contribution in [2.24, 2.45) is 17.6 Å². The number of carbonyl (C=O) groups is 3. The molecular formula is C21H19F3N2O7. The van der Waals surface area contributed by atoms with E-state index in [0.29, 0.717) is 6.07 Å². The predicted molar refractivity (Wildman–Crippen MR) is 105 cm³/mol. The quantitative estimate of drug-likeness (QED) is 0.344. The fraction of sp³-hybridized carbons (Fsp3) is 0.381. The Kier molecular flexibility index (Phi) is 4.88. The minimum absolute atomic E-state index is 0.304. The fourth-order valence-electron chi connectivity index (χ4n) is 5.27. The number of ketones is 2. The molecule has 1 aromatic carbocycles. The number of likely N-dealkylation sites (N-methyl/N-ethyl adjacent to an activating group) is 1. The molecule has 0 bridgehead atoms. The molecule has 176 valence electrons. The van der Waals surface area contributed by atoms with Crippen molar-refractivity contribution < 1.29 is 48.0 Å². The Morgan fingerprint density at radius 1 is 1.21 bits per heavy atom. The number of carbonyl (C=O) groups excluding carboxylic acids is 3. The van der Waals surface area contributed by atoms with Crippen LogP contribution >= 0.6 is 0 Å². The summed E-state index contributed by atoms with van der Waals surface area (Å²) in [6, 6.07) is 0.0122. The van der Waals surface area contributed by atoms with Crippen LogP contribution in [0.15, 0.2) is 29.0 Å². The van der Waals surface area contributed by atoms with Crippen molar-refractivity contribution in [1.82, 2.24) is 5.32 Å². The minimum Gasteiger partial charge on any atom is -0.508 e. The smallest absolute Gasteiger partial charge is 0.416 e. The van der Waals surface area contributed by atoms with Crippen LogP contribution in [0.4, 0.5) is 13.2 Å². The van der Waals surface area contributed by atoms with Crippen LogP contribution in [0.1, 0.15) is 23.1 Å². The number of rotatable bonds is 2. The first-order chi connectivity index (χ1) is 15.3. The second-order valence-corrected chi connectivity index (χ2v) is 8.30. The lowest BCUT2D eigenvalue weighted by molar-refractivity contribution is -0.150. The molecule has 1 saturated carbocycles. The highest BCUT2D eigenvalue weighted by molar-refractivity contribution is 6.24. The molecule has 3 aliphatic rings. The Labute approximate surface area is 184 Å². The second-order valence-electron chi connectivity index (χ2n) is 8.30. The van der Waals surface area contributed by atoms with E-state index < -0.39 is 98.7 Å². The van der Waals surface area contributed by atoms with Crippen LogP contribution in [0.2, 0.25) is 0 Å². The molecule has 4 rings (SSSR count). The van der Waals surface area contributed by atoms with E-state index in [0.717, 1.165) is 6.07 Å². The molecule has 1 fully saturated rings. The third-order valence-corrected chi connectivity index (χ3v) is 6.70. The normalized spacial score (nSPS) is 29.5. The van der Waals surface area contributed by atoms with Crippen molar-refractivity contribution >= 4 is 23.2 Å². The average molecular weight is 468 g/mol. The van der Waals surface area contributed by atoms with Crippen LogP contribution in [-0.4, -0.2) is 56.6 Å². The van der Waals surface area contributed by atoms with Gasteiger partial charge in [-0.2, -0.15) is 13.2 Å². The van der Waals surface area contributed by atoms with Gasteiger partial charge in [-0.3, -0.25) is 14.4 Å². The Morgan fingerprint density at radius 3 is 2.39 bits per heavy atom. The second kappa shape index (κ2) is 7.06. The van der Waals surface area contributed by atoms with Crippen LogP contribution in [0.5, 0.6) is 5.75 Å². The van der Waals surface area contributed by atoms with Crippen LogP contribution in [0.3, 0.4) is 0 Å². The lowest BCUT2D eigenvalue weighted by Gasteiger charge is -2.49. The lowest BCUT2D eigenvalue weighted by atomic mass is 9.57. The van der Waals surface area contributed by atoms with E-state index in [1.165, 1.54) is 7.05 Å². The molecule has 12 heteroatoms. The zero-order chi connectivity index (χ0) is 24.6. The molecule has 33 heavy (non-hydrogen) atoms. The van der Waals surface area contributed by atoms with E-state index >= 15 is 0 Å². The van der Waals surface area contributed by atoms with E-state index in [1.807, 2.05) is 0 Å². The number of nitrogens with two attached hydrogens (primary N) is 1. The first kappa shape index (κ1) is 22.8. The molecule has 7 N–H and O–H groups in total. The number of fused-ring (bicyclic) bond motifs is 3. The molecule has 4 atom stereocenters. The summed E-state index contributed by atoms with van der Waals surface area (Å²) in [5, 5.41) is 45.4. The number of aromatic hydroxyl groups is 1. The summed E-state index contributed by atoms with van der Waals surface area (Å²) in [5.41, 5.74) is -1.35. The SMILES string of the molecule is CN[C@@H]1C(=O)C(C(N)=O)=C(O)[C@@]2(O)C(=O)C3=C(O)c4c(O)ccc(C(F)(F)F)c4C[C@H]3C[C@@H]12. The highest BCUT2D eigenvalue weighted by atomic mass is 19.4. The number of aliphatic hydroxyl groups is 3. The van der Waals surface area contributed by atoms with Crippen molar-refractivity contribution in [3.63, 3.8) is 0 Å². The summed E-state index contributed by atoms with van der Waals surface area (Å²) in [7, 11) is 1.30. The number of nitrogens with one attached hydrogen (secondary N) is 1. The van der Waals surface area contributed by atoms with Crippen LogP contribution in [-0.2, 0) is 27.0 Å². The summed E-state index contributed by atoms with van der Waals surface area (Å²) >= 11 is 0. The molecular weight excluding hydrogens is 449 g/mol. The maximum atomic E-state index is 13.6. The Bertz CT molecular complexity index is 1190. The van der Waals surface area contributed by atoms with Crippen molar-refractivity contribution in [2.45, 2.75) is 30.7 Å². The maximum absolute atomic E-state index is 13.6. The van der Waals surface area contributed by atoms with Gasteiger partial charge in [-0.25, -0.2) is 0 Å². The fourth-order valence-corrected chi connectivity index (χ4v) is 5.27. The molecule has 1 amide bonds. The number of hydrogen-bond acceptors (Lipinski definition) is 8. The molecule has 0 aromatic heterocycles. The molecule has 0 aliphatic heterocycles. The standard InChI is InChI=1S/C21H19F3N2O7/c1-26-14-9-5-6-4-7-8(21(22,23)24)2-3-10(27)12(7)15(28)11(6)17(30)20(9,33)18(31)13(16(14)29)19(25)32/h2-3,6,9,14,26-28,31,33H,4-5H2,1H3,(H2,25,32)/t6-,9-,14-,20-/m0/s1. The van der Waals surface area contributed by atoms with Gasteiger partial charge >= 0.3 is 6.18 Å². The third kappa shape index (κ3) is 2.90. The number of aliphatic hydroxyl groups excluding tert-OH is 2. The van der Waals surface area contributed by atoms with E-state index in [-0.39, 0.29) is 6.42 Å². The lowest BCUT2D eigenvalue weighted by Crippen LogP contribution is -2.65. The molecule has 0 unspecified atom stereocenters. The van der Waals surface area contributed by atoms with Gasteiger partial charge in [0, 0.05) is 11.5 Å². The number of phenolic OH excluding ortho intramolecular Hbond substituents is 1. The monoisotopic (exact) mass is 468 g/mol. The first-order valence-corrected chi connectivity index (χ1v) is 9.84. The van der Waals surface area contributed by atoms with Gasteiger partial charge in [-0.15, -0.1) is 0 Å². The predicted octanol–water partition coefficient (Wildman–Crippen LogP) is 0.641. The number of halogens is 3. The van der Waals surface area contributed by atoms with Crippen molar-refractivity contribution in [3.05, 3.63) is 45.7 Å². The summed E-state index contributed by atoms with van der Waals surface area (Å²) in [6.07, 6.45) is -5.56. The average Bonchev–Trinajstić information content (AvgIpc) is 2.70. The van der Waals surface area contributed by atoms with Crippen LogP contribution in [0, 0.1) is 11.8 Å². The molecule has 3 aliphatic carbocycles. The summed E-state index contributed by atoms with van der Waals surface area (Å²) in [5.74, 6) is -9.09. The Hall–Kier alpha value is -3.38. The zero-order valence-electron chi connectivity index (χ0n) is 17.0. The molecule has 1 aromatic rings. The number of phenols is 1. The van der Waals surface area contributed by atoms with Gasteiger partial charge in [0.1, 0.15) is 22.8 Å². The van der Waals surface area contributed by atoms with Gasteiger partial charge < -0.3 is 31.5 Å². The number of amides is 1. The zero-order valence-corrected chi connectivity index (χ0v) is 17.0. The first-order valence-electron chi connectivity index (χ1n) is 9.84. The number of alkyl halides is 3. The highest BCUT2D eigenvalue weighted by Gasteiger charge is 2.63. The van der Waals surface area contributed by atoms with Crippen LogP contribution < -0.4 is 11.1 Å². The topological polar surface area (TPSA) is 170 Å². The van der Waals surface area contributed by atoms with Gasteiger partial charge in [0.2, 0.25) is 5.78 Å². The van der Waals surface area contributed by atoms with Crippen LogP contribution in [0.25, 0.3) is 5.76 Å². The molecule has 0 heterocycles. The van der Waals surface area contributed by atoms with Gasteiger partial charge in [0.05, 0.1) is 17.2 Å². The van der Waals surface area contributed by atoms with Crippen molar-refractivity contribution in [3.8, 4) is 5.75 Å². The number of hydrogen-bond donors (Lipinski definition) is 6.